The van der Waals surface area contributed by atoms with Gasteiger partial charge < -0.3 is 13.7 Å². The Bertz CT molecular complexity index is 4080. The molecule has 3 aromatic heterocycles. The molecule has 0 saturated heterocycles. The number of aromatic nitrogens is 3. The molecule has 0 aliphatic heterocycles. The highest BCUT2D eigenvalue weighted by Crippen LogP contribution is 2.49. The van der Waals surface area contributed by atoms with Crippen LogP contribution in [-0.2, 0) is 0 Å². The fourth-order valence-electron chi connectivity index (χ4n) is 10.5. The molecule has 0 amide bonds. The van der Waals surface area contributed by atoms with Gasteiger partial charge in [-0.2, -0.15) is 15.8 Å². The Kier molecular flexibility index (Phi) is 7.70. The van der Waals surface area contributed by atoms with Crippen LogP contribution in [0.3, 0.4) is 0 Å². The number of hydrogen-bond acceptors (Lipinski definition) is 3. The molecule has 0 atom stereocenters. The van der Waals surface area contributed by atoms with Gasteiger partial charge in [-0.05, 0) is 87.8 Å². The van der Waals surface area contributed by atoms with Crippen LogP contribution in [-0.4, -0.2) is 13.7 Å². The molecule has 0 fully saturated rings. The lowest BCUT2D eigenvalue weighted by Gasteiger charge is -2.26. The van der Waals surface area contributed by atoms with Gasteiger partial charge in [0.15, 0.2) is 0 Å². The third kappa shape index (κ3) is 5.07. The normalized spacial score (nSPS) is 11.6. The molecule has 13 aromatic rings. The molecule has 65 heavy (non-hydrogen) atoms. The van der Waals surface area contributed by atoms with E-state index in [1.54, 1.807) is 0 Å². The van der Waals surface area contributed by atoms with Crippen LogP contribution in [0.5, 0.6) is 0 Å². The number of rotatable bonds is 4. The molecule has 6 heteroatoms. The molecule has 0 saturated carbocycles. The van der Waals surface area contributed by atoms with E-state index in [4.69, 9.17) is 0 Å². The highest BCUT2D eigenvalue weighted by molar-refractivity contribution is 6.17. The van der Waals surface area contributed by atoms with Crippen molar-refractivity contribution >= 4 is 87.0 Å². The van der Waals surface area contributed by atoms with Crippen LogP contribution in [0.25, 0.3) is 115 Å². The smallest absolute Gasteiger partial charge is 0.104 e. The first-order valence-corrected chi connectivity index (χ1v) is 21.5. The fraction of sp³-hybridized carbons (Fsp3) is 0. The molecular formula is C59H32N6. The SMILES string of the molecule is N#Cc1ccc(-c2c(-n3c4ccccc4c4cc5ccccc5cc43)c(C#N)c(-n3c4ccccc4c4ccccc43)c(C#N)c2-n2c3ccccc3c3cc4ccccc4cc32)cc1. The summed E-state index contributed by atoms with van der Waals surface area (Å²) >= 11 is 0. The van der Waals surface area contributed by atoms with Gasteiger partial charge in [-0.1, -0.05) is 133 Å². The van der Waals surface area contributed by atoms with Crippen molar-refractivity contribution in [2.75, 3.05) is 0 Å². The Labute approximate surface area is 372 Å². The third-order valence-corrected chi connectivity index (χ3v) is 13.3. The second kappa shape index (κ2) is 13.8. The van der Waals surface area contributed by atoms with Crippen LogP contribution < -0.4 is 0 Å². The summed E-state index contributed by atoms with van der Waals surface area (Å²) in [5.74, 6) is 0. The molecule has 0 aliphatic rings. The predicted molar refractivity (Wildman–Crippen MR) is 264 cm³/mol. The molecule has 0 spiro atoms. The van der Waals surface area contributed by atoms with E-state index in [0.29, 0.717) is 39.3 Å². The van der Waals surface area contributed by atoms with Crippen molar-refractivity contribution in [1.29, 1.82) is 15.8 Å². The Morgan fingerprint density at radius 3 is 1.02 bits per heavy atom. The highest BCUT2D eigenvalue weighted by Gasteiger charge is 2.33. The van der Waals surface area contributed by atoms with Crippen molar-refractivity contribution in [2.24, 2.45) is 0 Å². The monoisotopic (exact) mass is 824 g/mol. The quantitative estimate of drug-likeness (QED) is 0.177. The maximum atomic E-state index is 12.1. The maximum Gasteiger partial charge on any atom is 0.104 e. The minimum atomic E-state index is 0.346. The van der Waals surface area contributed by atoms with Gasteiger partial charge in [0, 0.05) is 37.9 Å². The number of para-hydroxylation sites is 4. The summed E-state index contributed by atoms with van der Waals surface area (Å²) in [6.07, 6.45) is 0. The minimum Gasteiger partial charge on any atom is -0.307 e. The first-order chi connectivity index (χ1) is 32.1. The molecule has 3 heterocycles. The Balaban J connectivity index is 1.35. The molecule has 0 aliphatic carbocycles. The number of fused-ring (bicyclic) bond motifs is 11. The zero-order valence-corrected chi connectivity index (χ0v) is 34.7. The van der Waals surface area contributed by atoms with Crippen LogP contribution in [0.1, 0.15) is 16.7 Å². The predicted octanol–water partition coefficient (Wildman–Crippen LogP) is 14.6. The van der Waals surface area contributed by atoms with E-state index in [2.05, 4.69) is 165 Å². The van der Waals surface area contributed by atoms with Gasteiger partial charge in [0.2, 0.25) is 0 Å². The van der Waals surface area contributed by atoms with Gasteiger partial charge in [0.1, 0.15) is 23.3 Å². The molecule has 0 unspecified atom stereocenters. The fourth-order valence-corrected chi connectivity index (χ4v) is 10.5. The van der Waals surface area contributed by atoms with Crippen molar-refractivity contribution in [1.82, 2.24) is 13.7 Å². The van der Waals surface area contributed by atoms with Crippen molar-refractivity contribution in [3.63, 3.8) is 0 Å². The van der Waals surface area contributed by atoms with Crippen LogP contribution in [0.2, 0.25) is 0 Å². The Hall–Kier alpha value is -9.41. The zero-order chi connectivity index (χ0) is 43.3. The summed E-state index contributed by atoms with van der Waals surface area (Å²) in [5, 5.41) is 44.8. The van der Waals surface area contributed by atoms with E-state index < -0.39 is 0 Å². The van der Waals surface area contributed by atoms with Crippen LogP contribution in [0.15, 0.2) is 194 Å². The van der Waals surface area contributed by atoms with Crippen molar-refractivity contribution < 1.29 is 0 Å². The van der Waals surface area contributed by atoms with Gasteiger partial charge in [0.05, 0.1) is 61.8 Å². The first-order valence-electron chi connectivity index (χ1n) is 21.5. The summed E-state index contributed by atoms with van der Waals surface area (Å²) in [6.45, 7) is 0. The van der Waals surface area contributed by atoms with Crippen LogP contribution in [0, 0.1) is 34.0 Å². The lowest BCUT2D eigenvalue weighted by Crippen LogP contribution is -2.14. The standard InChI is InChI=1S/C59H32N6/c60-33-36-25-27-37(28-26-36)56-58(64-52-23-11-7-19-44(52)46-29-38-13-1-3-15-40(38)31-54(46)64)48(34-61)57(63-50-21-9-5-17-42(50)43-18-6-10-22-51(43)63)49(35-62)59(56)65-53-24-12-8-20-45(53)47-30-39-14-2-4-16-41(39)32-55(47)65/h1-32H. The van der Waals surface area contributed by atoms with E-state index in [0.717, 1.165) is 92.5 Å². The van der Waals surface area contributed by atoms with E-state index >= 15 is 0 Å². The highest BCUT2D eigenvalue weighted by atomic mass is 15.1. The number of hydrogen-bond donors (Lipinski definition) is 0. The summed E-state index contributed by atoms with van der Waals surface area (Å²) < 4.78 is 6.62. The summed E-state index contributed by atoms with van der Waals surface area (Å²) in [5.41, 5.74) is 9.86. The molecule has 0 bridgehead atoms. The Morgan fingerprint density at radius 2 is 0.631 bits per heavy atom. The average Bonchev–Trinajstić information content (AvgIpc) is 3.98. The average molecular weight is 825 g/mol. The van der Waals surface area contributed by atoms with Gasteiger partial charge in [0.25, 0.3) is 0 Å². The topological polar surface area (TPSA) is 86.2 Å². The summed E-state index contributed by atoms with van der Waals surface area (Å²) in [7, 11) is 0. The van der Waals surface area contributed by atoms with Crippen LogP contribution in [0.4, 0.5) is 0 Å². The van der Waals surface area contributed by atoms with E-state index in [-0.39, 0.29) is 0 Å². The summed E-state index contributed by atoms with van der Waals surface area (Å²) in [4.78, 5) is 0. The van der Waals surface area contributed by atoms with Crippen LogP contribution >= 0.6 is 0 Å². The van der Waals surface area contributed by atoms with E-state index in [1.807, 2.05) is 60.7 Å². The number of nitrogens with zero attached hydrogens (tertiary/aromatic N) is 6. The lowest BCUT2D eigenvalue weighted by molar-refractivity contribution is 1.08. The van der Waals surface area contributed by atoms with Gasteiger partial charge in [-0.15, -0.1) is 0 Å². The number of benzene rings is 10. The van der Waals surface area contributed by atoms with E-state index in [9.17, 15) is 15.8 Å². The first kappa shape index (κ1) is 36.3. The molecule has 13 rings (SSSR count). The molecular weight excluding hydrogens is 793 g/mol. The maximum absolute atomic E-state index is 12.1. The molecule has 0 N–H and O–H groups in total. The number of nitriles is 3. The largest absolute Gasteiger partial charge is 0.307 e. The molecule has 0 radical (unpaired) electrons. The third-order valence-electron chi connectivity index (χ3n) is 13.3. The van der Waals surface area contributed by atoms with Crippen molar-refractivity contribution in [3.05, 3.63) is 211 Å². The second-order valence-corrected chi connectivity index (χ2v) is 16.6. The van der Waals surface area contributed by atoms with Gasteiger partial charge in [-0.25, -0.2) is 0 Å². The van der Waals surface area contributed by atoms with Crippen molar-refractivity contribution in [3.8, 4) is 46.4 Å². The molecule has 10 aromatic carbocycles. The van der Waals surface area contributed by atoms with Gasteiger partial charge >= 0.3 is 0 Å². The summed E-state index contributed by atoms with van der Waals surface area (Å²) in [6, 6.07) is 74.2. The molecule has 298 valence electrons. The Morgan fingerprint density at radius 1 is 0.292 bits per heavy atom. The van der Waals surface area contributed by atoms with Gasteiger partial charge in [-0.3, -0.25) is 0 Å². The lowest BCUT2D eigenvalue weighted by atomic mass is 9.91. The van der Waals surface area contributed by atoms with E-state index in [1.165, 1.54) is 0 Å². The minimum absolute atomic E-state index is 0.346. The zero-order valence-electron chi connectivity index (χ0n) is 34.7. The molecule has 6 nitrogen and oxygen atoms in total. The second-order valence-electron chi connectivity index (χ2n) is 16.6. The van der Waals surface area contributed by atoms with Crippen molar-refractivity contribution in [2.45, 2.75) is 0 Å².